The molecule has 3 aromatic rings. The number of aryl methyl sites for hydroxylation is 1. The lowest BCUT2D eigenvalue weighted by atomic mass is 9.95. The van der Waals surface area contributed by atoms with E-state index in [4.69, 9.17) is 4.74 Å². The molecule has 0 radical (unpaired) electrons. The summed E-state index contributed by atoms with van der Waals surface area (Å²) in [4.78, 5) is 12.8. The molecule has 1 saturated heterocycles. The molecule has 5 nitrogen and oxygen atoms in total. The molecule has 1 fully saturated rings. The Balaban J connectivity index is 1.45. The Kier molecular flexibility index (Phi) is 4.47. The van der Waals surface area contributed by atoms with Crippen molar-refractivity contribution in [1.82, 2.24) is 15.1 Å². The Labute approximate surface area is 153 Å². The maximum absolute atomic E-state index is 12.8. The van der Waals surface area contributed by atoms with Crippen LogP contribution < -0.4 is 5.32 Å². The molecule has 4 rings (SSSR count). The summed E-state index contributed by atoms with van der Waals surface area (Å²) in [6.45, 7) is 3.14. The highest BCUT2D eigenvalue weighted by atomic mass is 16.5. The van der Waals surface area contributed by atoms with Gasteiger partial charge in [0.25, 0.3) is 0 Å². The van der Waals surface area contributed by atoms with E-state index in [9.17, 15) is 4.79 Å². The number of rotatable bonds is 4. The zero-order chi connectivity index (χ0) is 18.1. The Morgan fingerprint density at radius 1 is 1.27 bits per heavy atom. The minimum atomic E-state index is -0.208. The quantitative estimate of drug-likeness (QED) is 0.786. The van der Waals surface area contributed by atoms with E-state index in [1.165, 1.54) is 10.8 Å². The first-order valence-electron chi connectivity index (χ1n) is 8.99. The van der Waals surface area contributed by atoms with Crippen molar-refractivity contribution < 1.29 is 9.53 Å². The van der Waals surface area contributed by atoms with Crippen molar-refractivity contribution in [2.75, 3.05) is 6.61 Å². The van der Waals surface area contributed by atoms with Crippen LogP contribution in [0.1, 0.15) is 29.3 Å². The van der Waals surface area contributed by atoms with Gasteiger partial charge in [0.15, 0.2) is 0 Å². The van der Waals surface area contributed by atoms with Crippen LogP contribution in [0.25, 0.3) is 10.8 Å². The zero-order valence-corrected chi connectivity index (χ0v) is 15.1. The first kappa shape index (κ1) is 16.8. The van der Waals surface area contributed by atoms with Crippen molar-refractivity contribution >= 4 is 16.7 Å². The summed E-state index contributed by atoms with van der Waals surface area (Å²) in [5.74, 6) is -0.123. The SMILES string of the molecule is Cc1c([C@H]2OCC[C@@H]2C(=O)NCc2ccc3ccccc3c2)cnn1C. The van der Waals surface area contributed by atoms with Crippen molar-refractivity contribution in [1.29, 1.82) is 0 Å². The maximum Gasteiger partial charge on any atom is 0.226 e. The summed E-state index contributed by atoms with van der Waals surface area (Å²) in [6.07, 6.45) is 2.35. The van der Waals surface area contributed by atoms with E-state index in [-0.39, 0.29) is 17.9 Å². The van der Waals surface area contributed by atoms with E-state index >= 15 is 0 Å². The highest BCUT2D eigenvalue weighted by molar-refractivity contribution is 5.83. The summed E-state index contributed by atoms with van der Waals surface area (Å²) in [6, 6.07) is 14.5. The second kappa shape index (κ2) is 6.92. The normalized spacial score (nSPS) is 19.8. The molecule has 26 heavy (non-hydrogen) atoms. The third-order valence-electron chi connectivity index (χ3n) is 5.29. The molecule has 2 atom stereocenters. The van der Waals surface area contributed by atoms with Crippen LogP contribution in [0, 0.1) is 12.8 Å². The molecular weight excluding hydrogens is 326 g/mol. The minimum Gasteiger partial charge on any atom is -0.373 e. The lowest BCUT2D eigenvalue weighted by Gasteiger charge is -2.18. The van der Waals surface area contributed by atoms with Gasteiger partial charge < -0.3 is 10.1 Å². The number of fused-ring (bicyclic) bond motifs is 1. The number of ether oxygens (including phenoxy) is 1. The Morgan fingerprint density at radius 2 is 2.08 bits per heavy atom. The predicted molar refractivity (Wildman–Crippen MR) is 101 cm³/mol. The lowest BCUT2D eigenvalue weighted by Crippen LogP contribution is -2.32. The zero-order valence-electron chi connectivity index (χ0n) is 15.1. The number of amides is 1. The standard InChI is InChI=1S/C21H23N3O2/c1-14-19(13-23-24(14)2)20-18(9-10-26-20)21(25)22-12-15-7-8-16-5-3-4-6-17(16)11-15/h3-8,11,13,18,20H,9-10,12H2,1-2H3,(H,22,25)/t18-,20-/m0/s1. The number of nitrogens with one attached hydrogen (secondary N) is 1. The highest BCUT2D eigenvalue weighted by Crippen LogP contribution is 2.36. The molecule has 0 spiro atoms. The third kappa shape index (κ3) is 3.10. The largest absolute Gasteiger partial charge is 0.373 e. The fourth-order valence-corrected chi connectivity index (χ4v) is 3.63. The van der Waals surface area contributed by atoms with Crippen LogP contribution in [0.2, 0.25) is 0 Å². The second-order valence-electron chi connectivity index (χ2n) is 6.89. The van der Waals surface area contributed by atoms with Crippen LogP contribution in [0.15, 0.2) is 48.7 Å². The van der Waals surface area contributed by atoms with Gasteiger partial charge in [0.1, 0.15) is 0 Å². The van der Waals surface area contributed by atoms with Gasteiger partial charge in [-0.15, -0.1) is 0 Å². The predicted octanol–water partition coefficient (Wildman–Crippen LogP) is 3.28. The van der Waals surface area contributed by atoms with Crippen molar-refractivity contribution in [2.45, 2.75) is 26.0 Å². The van der Waals surface area contributed by atoms with Gasteiger partial charge in [-0.25, -0.2) is 0 Å². The molecule has 0 saturated carbocycles. The van der Waals surface area contributed by atoms with E-state index in [0.29, 0.717) is 13.2 Å². The van der Waals surface area contributed by atoms with Gasteiger partial charge >= 0.3 is 0 Å². The molecule has 2 aromatic carbocycles. The molecule has 1 aromatic heterocycles. The number of hydrogen-bond donors (Lipinski definition) is 1. The summed E-state index contributed by atoms with van der Waals surface area (Å²) >= 11 is 0. The average Bonchev–Trinajstić information content (AvgIpc) is 3.27. The topological polar surface area (TPSA) is 56.1 Å². The molecule has 0 unspecified atom stereocenters. The number of hydrogen-bond acceptors (Lipinski definition) is 3. The number of carbonyl (C=O) groups excluding carboxylic acids is 1. The van der Waals surface area contributed by atoms with Gasteiger partial charge in [-0.1, -0.05) is 36.4 Å². The average molecular weight is 349 g/mol. The van der Waals surface area contributed by atoms with Gasteiger partial charge in [-0.2, -0.15) is 5.10 Å². The molecule has 0 aliphatic carbocycles. The molecule has 0 bridgehead atoms. The Morgan fingerprint density at radius 3 is 2.85 bits per heavy atom. The van der Waals surface area contributed by atoms with E-state index in [1.54, 1.807) is 0 Å². The molecule has 2 heterocycles. The molecule has 5 heteroatoms. The second-order valence-corrected chi connectivity index (χ2v) is 6.89. The van der Waals surface area contributed by atoms with Crippen LogP contribution in [0.3, 0.4) is 0 Å². The molecule has 1 aliphatic heterocycles. The monoisotopic (exact) mass is 349 g/mol. The molecule has 1 amide bonds. The summed E-state index contributed by atoms with van der Waals surface area (Å²) < 4.78 is 7.68. The first-order valence-corrected chi connectivity index (χ1v) is 8.99. The van der Waals surface area contributed by atoms with Crippen molar-refractivity contribution in [2.24, 2.45) is 13.0 Å². The van der Waals surface area contributed by atoms with Gasteiger partial charge in [0.2, 0.25) is 5.91 Å². The maximum atomic E-state index is 12.8. The number of nitrogens with zero attached hydrogens (tertiary/aromatic N) is 2. The van der Waals surface area contributed by atoms with Crippen LogP contribution in [-0.4, -0.2) is 22.3 Å². The van der Waals surface area contributed by atoms with Crippen molar-refractivity contribution in [3.63, 3.8) is 0 Å². The van der Waals surface area contributed by atoms with E-state index < -0.39 is 0 Å². The first-order chi connectivity index (χ1) is 12.6. The number of aromatic nitrogens is 2. The molecule has 1 N–H and O–H groups in total. The highest BCUT2D eigenvalue weighted by Gasteiger charge is 2.36. The summed E-state index contributed by atoms with van der Waals surface area (Å²) in [7, 11) is 1.91. The van der Waals surface area contributed by atoms with Gasteiger partial charge in [-0.05, 0) is 35.7 Å². The number of benzene rings is 2. The van der Waals surface area contributed by atoms with Crippen LogP contribution in [-0.2, 0) is 23.1 Å². The lowest BCUT2D eigenvalue weighted by molar-refractivity contribution is -0.126. The molecular formula is C21H23N3O2. The van der Waals surface area contributed by atoms with Crippen LogP contribution >= 0.6 is 0 Å². The third-order valence-corrected chi connectivity index (χ3v) is 5.29. The summed E-state index contributed by atoms with van der Waals surface area (Å²) in [5.41, 5.74) is 3.16. The fourth-order valence-electron chi connectivity index (χ4n) is 3.63. The van der Waals surface area contributed by atoms with Crippen LogP contribution in [0.4, 0.5) is 0 Å². The van der Waals surface area contributed by atoms with Crippen LogP contribution in [0.5, 0.6) is 0 Å². The smallest absolute Gasteiger partial charge is 0.226 e. The van der Waals surface area contributed by atoms with Gasteiger partial charge in [0, 0.05) is 31.5 Å². The minimum absolute atomic E-state index is 0.0453. The van der Waals surface area contributed by atoms with E-state index in [2.05, 4.69) is 40.7 Å². The van der Waals surface area contributed by atoms with E-state index in [0.717, 1.165) is 23.2 Å². The Bertz CT molecular complexity index is 947. The molecule has 134 valence electrons. The number of carbonyl (C=O) groups is 1. The Hall–Kier alpha value is -2.66. The van der Waals surface area contributed by atoms with Crippen molar-refractivity contribution in [3.8, 4) is 0 Å². The van der Waals surface area contributed by atoms with Crippen molar-refractivity contribution in [3.05, 3.63) is 65.5 Å². The van der Waals surface area contributed by atoms with Gasteiger partial charge in [0.05, 0.1) is 18.2 Å². The van der Waals surface area contributed by atoms with E-state index in [1.807, 2.05) is 37.0 Å². The van der Waals surface area contributed by atoms with Gasteiger partial charge in [-0.3, -0.25) is 9.48 Å². The molecule has 1 aliphatic rings. The fraction of sp³-hybridized carbons (Fsp3) is 0.333. The summed E-state index contributed by atoms with van der Waals surface area (Å²) in [5, 5.41) is 9.76.